The molecule has 3 nitrogen and oxygen atoms in total. The van der Waals surface area contributed by atoms with Crippen molar-refractivity contribution in [1.29, 1.82) is 5.26 Å². The molecule has 0 heterocycles. The lowest BCUT2D eigenvalue weighted by molar-refractivity contribution is 0.102. The Morgan fingerprint density at radius 3 is 2.68 bits per heavy atom. The van der Waals surface area contributed by atoms with Gasteiger partial charge in [-0.05, 0) is 36.4 Å². The van der Waals surface area contributed by atoms with Crippen LogP contribution in [-0.2, 0) is 0 Å². The normalized spacial score (nSPS) is 9.74. The topological polar surface area (TPSA) is 52.9 Å². The lowest BCUT2D eigenvalue weighted by Gasteiger charge is -2.06. The van der Waals surface area contributed by atoms with Crippen LogP contribution in [0.3, 0.4) is 0 Å². The number of nitrogens with one attached hydrogen (secondary N) is 1. The Labute approximate surface area is 123 Å². The zero-order valence-corrected chi connectivity index (χ0v) is 12.0. The van der Waals surface area contributed by atoms with E-state index in [1.54, 1.807) is 36.4 Å². The van der Waals surface area contributed by atoms with E-state index >= 15 is 0 Å². The van der Waals surface area contributed by atoms with Crippen LogP contribution in [0.25, 0.3) is 0 Å². The molecule has 2 aromatic carbocycles. The van der Waals surface area contributed by atoms with E-state index in [-0.39, 0.29) is 5.91 Å². The van der Waals surface area contributed by atoms with Crippen LogP contribution in [0.15, 0.2) is 46.9 Å². The molecule has 1 N–H and O–H groups in total. The maximum absolute atomic E-state index is 12.0. The van der Waals surface area contributed by atoms with E-state index < -0.39 is 0 Å². The molecular formula is C14H8BrClN2O. The lowest BCUT2D eigenvalue weighted by Crippen LogP contribution is -2.11. The van der Waals surface area contributed by atoms with Gasteiger partial charge in [0.15, 0.2) is 0 Å². The summed E-state index contributed by atoms with van der Waals surface area (Å²) in [4.78, 5) is 12.0. The number of carbonyl (C=O) groups excluding carboxylic acids is 1. The Hall–Kier alpha value is -1.83. The molecule has 0 aliphatic carbocycles. The van der Waals surface area contributed by atoms with Crippen LogP contribution in [-0.4, -0.2) is 5.91 Å². The summed E-state index contributed by atoms with van der Waals surface area (Å²) in [5, 5.41) is 11.8. The highest BCUT2D eigenvalue weighted by Crippen LogP contribution is 2.21. The molecule has 0 radical (unpaired) electrons. The number of nitriles is 1. The van der Waals surface area contributed by atoms with Crippen LogP contribution in [0, 0.1) is 11.3 Å². The van der Waals surface area contributed by atoms with Gasteiger partial charge in [0.2, 0.25) is 0 Å². The maximum Gasteiger partial charge on any atom is 0.255 e. The summed E-state index contributed by atoms with van der Waals surface area (Å²) >= 11 is 9.21. The summed E-state index contributed by atoms with van der Waals surface area (Å²) in [6.07, 6.45) is 0. The zero-order valence-electron chi connectivity index (χ0n) is 9.65. The van der Waals surface area contributed by atoms with E-state index in [0.29, 0.717) is 21.8 Å². The van der Waals surface area contributed by atoms with Crippen molar-refractivity contribution in [3.63, 3.8) is 0 Å². The van der Waals surface area contributed by atoms with E-state index in [2.05, 4.69) is 21.2 Å². The van der Waals surface area contributed by atoms with Crippen molar-refractivity contribution in [3.05, 3.63) is 63.1 Å². The highest BCUT2D eigenvalue weighted by atomic mass is 79.9. The molecular weight excluding hydrogens is 328 g/mol. The third-order valence-corrected chi connectivity index (χ3v) is 3.24. The van der Waals surface area contributed by atoms with Gasteiger partial charge in [-0.25, -0.2) is 0 Å². The number of halogens is 2. The Morgan fingerprint density at radius 2 is 2.05 bits per heavy atom. The average molecular weight is 336 g/mol. The number of carbonyl (C=O) groups is 1. The molecule has 0 aromatic heterocycles. The molecule has 0 unspecified atom stereocenters. The van der Waals surface area contributed by atoms with Crippen LogP contribution in [0.4, 0.5) is 5.69 Å². The fourth-order valence-electron chi connectivity index (χ4n) is 1.52. The first-order valence-corrected chi connectivity index (χ1v) is 6.54. The third-order valence-electron chi connectivity index (χ3n) is 2.43. The van der Waals surface area contributed by atoms with Gasteiger partial charge >= 0.3 is 0 Å². The maximum atomic E-state index is 12.0. The molecule has 0 aliphatic rings. The Kier molecular flexibility index (Phi) is 4.20. The van der Waals surface area contributed by atoms with Gasteiger partial charge in [0.1, 0.15) is 6.07 Å². The minimum absolute atomic E-state index is 0.234. The van der Waals surface area contributed by atoms with E-state index in [9.17, 15) is 4.79 Å². The standard InChI is InChI=1S/C14H8BrClN2O/c15-11-3-1-2-9(6-11)14(19)18-12-5-4-10(8-17)13(16)7-12/h1-7H,(H,18,19). The number of nitrogens with zero attached hydrogens (tertiary/aromatic N) is 1. The van der Waals surface area contributed by atoms with Crippen molar-refractivity contribution in [1.82, 2.24) is 0 Å². The zero-order chi connectivity index (χ0) is 13.8. The molecule has 0 spiro atoms. The summed E-state index contributed by atoms with van der Waals surface area (Å²) in [6.45, 7) is 0. The fourth-order valence-corrected chi connectivity index (χ4v) is 2.14. The van der Waals surface area contributed by atoms with Gasteiger partial charge in [-0.2, -0.15) is 5.26 Å². The first-order chi connectivity index (χ1) is 9.10. The van der Waals surface area contributed by atoms with Gasteiger partial charge in [-0.15, -0.1) is 0 Å². The molecule has 0 saturated heterocycles. The van der Waals surface area contributed by atoms with Gasteiger partial charge in [0.25, 0.3) is 5.91 Å². The van der Waals surface area contributed by atoms with Crippen LogP contribution >= 0.6 is 27.5 Å². The van der Waals surface area contributed by atoms with Gasteiger partial charge in [-0.3, -0.25) is 4.79 Å². The fraction of sp³-hybridized carbons (Fsp3) is 0. The Bertz CT molecular complexity index is 679. The smallest absolute Gasteiger partial charge is 0.255 e. The summed E-state index contributed by atoms with van der Waals surface area (Å²) < 4.78 is 0.831. The number of anilines is 1. The molecule has 19 heavy (non-hydrogen) atoms. The summed E-state index contributed by atoms with van der Waals surface area (Å²) in [5.74, 6) is -0.234. The van der Waals surface area contributed by atoms with E-state index in [1.165, 1.54) is 0 Å². The quantitative estimate of drug-likeness (QED) is 0.893. The Balaban J connectivity index is 2.20. The van der Waals surface area contributed by atoms with Gasteiger partial charge in [0, 0.05) is 15.7 Å². The van der Waals surface area contributed by atoms with Gasteiger partial charge < -0.3 is 5.32 Å². The van der Waals surface area contributed by atoms with Crippen molar-refractivity contribution in [2.24, 2.45) is 0 Å². The van der Waals surface area contributed by atoms with Crippen LogP contribution in [0.2, 0.25) is 5.02 Å². The van der Waals surface area contributed by atoms with Crippen molar-refractivity contribution >= 4 is 39.1 Å². The first kappa shape index (κ1) is 13.6. The molecule has 0 atom stereocenters. The highest BCUT2D eigenvalue weighted by molar-refractivity contribution is 9.10. The van der Waals surface area contributed by atoms with Crippen molar-refractivity contribution < 1.29 is 4.79 Å². The van der Waals surface area contributed by atoms with Crippen molar-refractivity contribution in [2.45, 2.75) is 0 Å². The van der Waals surface area contributed by atoms with Crippen molar-refractivity contribution in [3.8, 4) is 6.07 Å². The average Bonchev–Trinajstić information content (AvgIpc) is 2.39. The van der Waals surface area contributed by atoms with E-state index in [4.69, 9.17) is 16.9 Å². The van der Waals surface area contributed by atoms with Crippen LogP contribution < -0.4 is 5.32 Å². The molecule has 0 fully saturated rings. The molecule has 2 rings (SSSR count). The van der Waals surface area contributed by atoms with Gasteiger partial charge in [0.05, 0.1) is 10.6 Å². The molecule has 94 valence electrons. The number of hydrogen-bond donors (Lipinski definition) is 1. The van der Waals surface area contributed by atoms with Crippen LogP contribution in [0.5, 0.6) is 0 Å². The van der Waals surface area contributed by atoms with Crippen LogP contribution in [0.1, 0.15) is 15.9 Å². The molecule has 0 bridgehead atoms. The highest BCUT2D eigenvalue weighted by Gasteiger charge is 2.07. The third kappa shape index (κ3) is 3.34. The Morgan fingerprint density at radius 1 is 1.26 bits per heavy atom. The summed E-state index contributed by atoms with van der Waals surface area (Å²) in [7, 11) is 0. The lowest BCUT2D eigenvalue weighted by atomic mass is 10.2. The second-order valence-electron chi connectivity index (χ2n) is 3.77. The molecule has 0 saturated carbocycles. The largest absolute Gasteiger partial charge is 0.322 e. The second kappa shape index (κ2) is 5.87. The first-order valence-electron chi connectivity index (χ1n) is 5.37. The SMILES string of the molecule is N#Cc1ccc(NC(=O)c2cccc(Br)c2)cc1Cl. The van der Waals surface area contributed by atoms with Crippen molar-refractivity contribution in [2.75, 3.05) is 5.32 Å². The number of rotatable bonds is 2. The number of benzene rings is 2. The molecule has 2 aromatic rings. The summed E-state index contributed by atoms with van der Waals surface area (Å²) in [6, 6.07) is 13.8. The molecule has 1 amide bonds. The molecule has 0 aliphatic heterocycles. The van der Waals surface area contributed by atoms with E-state index in [0.717, 1.165) is 4.47 Å². The predicted octanol–water partition coefficient (Wildman–Crippen LogP) is 4.23. The number of hydrogen-bond acceptors (Lipinski definition) is 2. The predicted molar refractivity (Wildman–Crippen MR) is 78.3 cm³/mol. The minimum Gasteiger partial charge on any atom is -0.322 e. The second-order valence-corrected chi connectivity index (χ2v) is 5.09. The van der Waals surface area contributed by atoms with E-state index in [1.807, 2.05) is 12.1 Å². The minimum atomic E-state index is -0.234. The van der Waals surface area contributed by atoms with Gasteiger partial charge in [-0.1, -0.05) is 33.6 Å². The number of amides is 1. The monoisotopic (exact) mass is 334 g/mol. The molecule has 5 heteroatoms. The summed E-state index contributed by atoms with van der Waals surface area (Å²) in [5.41, 5.74) is 1.46.